The third-order valence-corrected chi connectivity index (χ3v) is 11.0. The largest absolute Gasteiger partial charge is 0.394 e. The van der Waals surface area contributed by atoms with Gasteiger partial charge in [0, 0.05) is 6.42 Å². The van der Waals surface area contributed by atoms with Gasteiger partial charge in [-0.15, -0.1) is 0 Å². The van der Waals surface area contributed by atoms with Crippen molar-refractivity contribution in [3.63, 3.8) is 0 Å². The minimum absolute atomic E-state index is 0.0622. The summed E-state index contributed by atoms with van der Waals surface area (Å²) in [4.78, 5) is 12.3. The van der Waals surface area contributed by atoms with Gasteiger partial charge in [-0.25, -0.2) is 0 Å². The van der Waals surface area contributed by atoms with Gasteiger partial charge in [0.15, 0.2) is 0 Å². The van der Waals surface area contributed by atoms with Crippen molar-refractivity contribution >= 4 is 5.91 Å². The van der Waals surface area contributed by atoms with E-state index in [-0.39, 0.29) is 12.5 Å². The van der Waals surface area contributed by atoms with Gasteiger partial charge in [0.2, 0.25) is 5.91 Å². The third kappa shape index (κ3) is 40.2. The number of aliphatic hydroxyl groups is 2. The first-order valence-electron chi connectivity index (χ1n) is 23.4. The molecule has 0 aliphatic rings. The van der Waals surface area contributed by atoms with Crippen molar-refractivity contribution in [1.82, 2.24) is 5.32 Å². The van der Waals surface area contributed by atoms with Gasteiger partial charge in [-0.3, -0.25) is 4.79 Å². The number of amides is 1. The van der Waals surface area contributed by atoms with Crippen LogP contribution in [-0.2, 0) is 4.79 Å². The molecule has 304 valence electrons. The van der Waals surface area contributed by atoms with Gasteiger partial charge in [-0.1, -0.05) is 251 Å². The topological polar surface area (TPSA) is 69.6 Å². The van der Waals surface area contributed by atoms with Gasteiger partial charge in [-0.05, 0) is 19.3 Å². The van der Waals surface area contributed by atoms with Crippen LogP contribution in [0, 0.1) is 0 Å². The molecule has 0 saturated carbocycles. The van der Waals surface area contributed by atoms with E-state index in [0.717, 1.165) is 25.7 Å². The van der Waals surface area contributed by atoms with E-state index >= 15 is 0 Å². The van der Waals surface area contributed by atoms with E-state index in [1.807, 2.05) is 6.08 Å². The Balaban J connectivity index is 3.34. The van der Waals surface area contributed by atoms with Crippen molar-refractivity contribution < 1.29 is 15.0 Å². The molecular formula is C47H93NO3. The number of allylic oxidation sites excluding steroid dienone is 1. The van der Waals surface area contributed by atoms with Crippen LogP contribution in [0.3, 0.4) is 0 Å². The lowest BCUT2D eigenvalue weighted by Crippen LogP contribution is -2.45. The zero-order valence-corrected chi connectivity index (χ0v) is 34.9. The fraction of sp³-hybridized carbons (Fsp3) is 0.936. The van der Waals surface area contributed by atoms with Gasteiger partial charge < -0.3 is 15.5 Å². The van der Waals surface area contributed by atoms with Gasteiger partial charge in [-0.2, -0.15) is 0 Å². The van der Waals surface area contributed by atoms with E-state index in [1.165, 1.54) is 218 Å². The standard InChI is InChI=1S/C47H93NO3/c1-3-5-7-9-11-13-14-15-16-17-18-19-20-21-22-23-24-25-26-27-28-29-30-31-32-33-34-35-37-39-41-43-47(51)48-45(44-49)46(50)42-40-38-36-12-10-8-6-4-2/h40,42,45-46,49-50H,3-39,41,43-44H2,1-2H3,(H,48,51)/b42-40+. The Labute approximate surface area is 320 Å². The summed E-state index contributed by atoms with van der Waals surface area (Å²) in [5.41, 5.74) is 0. The van der Waals surface area contributed by atoms with E-state index in [9.17, 15) is 15.0 Å². The van der Waals surface area contributed by atoms with Gasteiger partial charge in [0.25, 0.3) is 0 Å². The number of hydrogen-bond donors (Lipinski definition) is 3. The third-order valence-electron chi connectivity index (χ3n) is 11.0. The van der Waals surface area contributed by atoms with Crippen molar-refractivity contribution in [3.05, 3.63) is 12.2 Å². The molecule has 0 aliphatic carbocycles. The number of hydrogen-bond acceptors (Lipinski definition) is 3. The maximum atomic E-state index is 12.3. The lowest BCUT2D eigenvalue weighted by molar-refractivity contribution is -0.123. The summed E-state index contributed by atoms with van der Waals surface area (Å²) >= 11 is 0. The molecule has 0 radical (unpaired) electrons. The molecule has 0 bridgehead atoms. The second kappa shape index (κ2) is 43.5. The van der Waals surface area contributed by atoms with Crippen molar-refractivity contribution in [2.75, 3.05) is 6.61 Å². The van der Waals surface area contributed by atoms with Crippen molar-refractivity contribution in [2.45, 2.75) is 276 Å². The number of aliphatic hydroxyl groups excluding tert-OH is 2. The molecule has 0 aliphatic heterocycles. The number of unbranched alkanes of at least 4 members (excludes halogenated alkanes) is 36. The molecule has 4 heteroatoms. The summed E-state index contributed by atoms with van der Waals surface area (Å²) in [5, 5.41) is 22.8. The Morgan fingerprint density at radius 2 is 0.725 bits per heavy atom. The Hall–Kier alpha value is -0.870. The van der Waals surface area contributed by atoms with Gasteiger partial charge in [0.1, 0.15) is 0 Å². The molecule has 0 spiro atoms. The first kappa shape index (κ1) is 50.1. The summed E-state index contributed by atoms with van der Waals surface area (Å²) in [6.07, 6.45) is 55.1. The molecule has 0 aromatic heterocycles. The average Bonchev–Trinajstić information content (AvgIpc) is 3.13. The Morgan fingerprint density at radius 1 is 0.451 bits per heavy atom. The van der Waals surface area contributed by atoms with Crippen molar-refractivity contribution in [2.24, 2.45) is 0 Å². The second-order valence-corrected chi connectivity index (χ2v) is 16.2. The van der Waals surface area contributed by atoms with Crippen LogP contribution in [0.2, 0.25) is 0 Å². The SMILES string of the molecule is CCCCCCCC/C=C/C(O)C(CO)NC(=O)CCCCCCCCCCCCCCCCCCCCCCCCCCCCCCCCC. The summed E-state index contributed by atoms with van der Waals surface area (Å²) in [6.45, 7) is 4.29. The monoisotopic (exact) mass is 720 g/mol. The molecule has 2 unspecified atom stereocenters. The first-order chi connectivity index (χ1) is 25.2. The number of rotatable bonds is 43. The quantitative estimate of drug-likeness (QED) is 0.0434. The van der Waals surface area contributed by atoms with Gasteiger partial charge in [0.05, 0.1) is 18.8 Å². The molecule has 0 rings (SSSR count). The minimum Gasteiger partial charge on any atom is -0.394 e. The minimum atomic E-state index is -0.831. The van der Waals surface area contributed by atoms with Crippen LogP contribution in [0.1, 0.15) is 264 Å². The van der Waals surface area contributed by atoms with Crippen LogP contribution >= 0.6 is 0 Å². The van der Waals surface area contributed by atoms with Crippen LogP contribution in [0.25, 0.3) is 0 Å². The molecule has 0 heterocycles. The van der Waals surface area contributed by atoms with Crippen LogP contribution in [-0.4, -0.2) is 34.9 Å². The van der Waals surface area contributed by atoms with E-state index in [2.05, 4.69) is 19.2 Å². The molecule has 0 saturated heterocycles. The Kier molecular flexibility index (Phi) is 42.8. The van der Waals surface area contributed by atoms with E-state index in [4.69, 9.17) is 0 Å². The fourth-order valence-corrected chi connectivity index (χ4v) is 7.42. The van der Waals surface area contributed by atoms with Crippen LogP contribution < -0.4 is 5.32 Å². The molecule has 4 nitrogen and oxygen atoms in total. The zero-order valence-electron chi connectivity index (χ0n) is 34.9. The number of carbonyl (C=O) groups is 1. The van der Waals surface area contributed by atoms with Crippen LogP contribution in [0.5, 0.6) is 0 Å². The number of nitrogens with one attached hydrogen (secondary N) is 1. The van der Waals surface area contributed by atoms with E-state index < -0.39 is 12.1 Å². The summed E-state index contributed by atoms with van der Waals surface area (Å²) in [7, 11) is 0. The molecule has 0 aromatic carbocycles. The van der Waals surface area contributed by atoms with Crippen molar-refractivity contribution in [3.8, 4) is 0 Å². The van der Waals surface area contributed by atoms with Crippen molar-refractivity contribution in [1.29, 1.82) is 0 Å². The predicted molar refractivity (Wildman–Crippen MR) is 226 cm³/mol. The second-order valence-electron chi connectivity index (χ2n) is 16.2. The summed E-state index contributed by atoms with van der Waals surface area (Å²) < 4.78 is 0. The maximum Gasteiger partial charge on any atom is 0.220 e. The number of carbonyl (C=O) groups excluding carboxylic acids is 1. The zero-order chi connectivity index (χ0) is 37.1. The predicted octanol–water partition coefficient (Wildman–Crippen LogP) is 14.6. The first-order valence-corrected chi connectivity index (χ1v) is 23.4. The highest BCUT2D eigenvalue weighted by Gasteiger charge is 2.17. The van der Waals surface area contributed by atoms with Gasteiger partial charge >= 0.3 is 0 Å². The Morgan fingerprint density at radius 3 is 1.02 bits per heavy atom. The van der Waals surface area contributed by atoms with Crippen LogP contribution in [0.4, 0.5) is 0 Å². The highest BCUT2D eigenvalue weighted by molar-refractivity contribution is 5.76. The normalized spacial score (nSPS) is 12.9. The maximum absolute atomic E-state index is 12.3. The summed E-state index contributed by atoms with van der Waals surface area (Å²) in [5.74, 6) is -0.0622. The smallest absolute Gasteiger partial charge is 0.220 e. The molecule has 1 amide bonds. The highest BCUT2D eigenvalue weighted by Crippen LogP contribution is 2.17. The lowest BCUT2D eigenvalue weighted by atomic mass is 10.0. The highest BCUT2D eigenvalue weighted by atomic mass is 16.3. The average molecular weight is 720 g/mol. The molecule has 2 atom stereocenters. The molecular weight excluding hydrogens is 627 g/mol. The fourth-order valence-electron chi connectivity index (χ4n) is 7.42. The molecule has 3 N–H and O–H groups in total. The molecule has 51 heavy (non-hydrogen) atoms. The van der Waals surface area contributed by atoms with E-state index in [0.29, 0.717) is 6.42 Å². The van der Waals surface area contributed by atoms with Crippen LogP contribution in [0.15, 0.2) is 12.2 Å². The van der Waals surface area contributed by atoms with E-state index in [1.54, 1.807) is 6.08 Å². The lowest BCUT2D eigenvalue weighted by Gasteiger charge is -2.20. The summed E-state index contributed by atoms with van der Waals surface area (Å²) in [6, 6.07) is -0.614. The Bertz CT molecular complexity index is 695. The molecule has 0 fully saturated rings. The molecule has 0 aromatic rings.